The topological polar surface area (TPSA) is 37.4 Å². The summed E-state index contributed by atoms with van der Waals surface area (Å²) in [5, 5.41) is 0. The van der Waals surface area contributed by atoms with Crippen LogP contribution in [0.1, 0.15) is 57.8 Å². The summed E-state index contributed by atoms with van der Waals surface area (Å²) in [6, 6.07) is -0.0783. The van der Waals surface area contributed by atoms with E-state index >= 15 is 0 Å². The number of ketones is 1. The van der Waals surface area contributed by atoms with E-state index in [9.17, 15) is 9.59 Å². The number of hydrogen-bond donors (Lipinski definition) is 0. The Morgan fingerprint density at radius 3 is 2.84 bits per heavy atom. The van der Waals surface area contributed by atoms with Crippen molar-refractivity contribution in [3.8, 4) is 0 Å². The highest BCUT2D eigenvalue weighted by atomic mass is 16.2. The minimum absolute atomic E-state index is 0.0783. The van der Waals surface area contributed by atoms with Crippen molar-refractivity contribution in [2.24, 2.45) is 5.92 Å². The van der Waals surface area contributed by atoms with E-state index in [-0.39, 0.29) is 11.9 Å². The third-order valence-corrected chi connectivity index (χ3v) is 4.93. The van der Waals surface area contributed by atoms with E-state index in [0.717, 1.165) is 25.8 Å². The van der Waals surface area contributed by atoms with Gasteiger partial charge in [0.1, 0.15) is 0 Å². The fourth-order valence-corrected chi connectivity index (χ4v) is 3.91. The smallest absolute Gasteiger partial charge is 0.223 e. The Kier molecular flexibility index (Phi) is 3.72. The quantitative estimate of drug-likeness (QED) is 0.733. The number of Topliss-reactive ketones (excluding diaryl/α,β-unsaturated/α-hetero) is 1. The summed E-state index contributed by atoms with van der Waals surface area (Å²) in [4.78, 5) is 26.1. The summed E-state index contributed by atoms with van der Waals surface area (Å²) < 4.78 is 0. The molecule has 0 bridgehead atoms. The lowest BCUT2D eigenvalue weighted by Gasteiger charge is -2.30. The zero-order chi connectivity index (χ0) is 13.2. The number of fused-ring (bicyclic) bond motifs is 1. The van der Waals surface area contributed by atoms with Crippen LogP contribution in [0.5, 0.6) is 0 Å². The van der Waals surface area contributed by atoms with E-state index in [4.69, 9.17) is 0 Å². The molecule has 0 unspecified atom stereocenters. The Hall–Kier alpha value is -1.12. The lowest BCUT2D eigenvalue weighted by atomic mass is 9.84. The van der Waals surface area contributed by atoms with Crippen LogP contribution in [0.2, 0.25) is 0 Å². The molecule has 1 saturated carbocycles. The monoisotopic (exact) mass is 261 g/mol. The summed E-state index contributed by atoms with van der Waals surface area (Å²) in [7, 11) is 0. The molecule has 0 aromatic carbocycles. The van der Waals surface area contributed by atoms with Crippen LogP contribution in [0.4, 0.5) is 0 Å². The van der Waals surface area contributed by atoms with Gasteiger partial charge in [-0.15, -0.1) is 0 Å². The normalized spacial score (nSPS) is 31.4. The highest BCUT2D eigenvalue weighted by Crippen LogP contribution is 2.35. The van der Waals surface area contributed by atoms with Crippen LogP contribution in [-0.2, 0) is 9.59 Å². The van der Waals surface area contributed by atoms with Crippen LogP contribution in [0, 0.1) is 5.92 Å². The van der Waals surface area contributed by atoms with Gasteiger partial charge in [0.25, 0.3) is 0 Å². The summed E-state index contributed by atoms with van der Waals surface area (Å²) in [5.74, 6) is 0.829. The number of amides is 1. The molecule has 0 aromatic heterocycles. The Morgan fingerprint density at radius 2 is 2.05 bits per heavy atom. The lowest BCUT2D eigenvalue weighted by molar-refractivity contribution is -0.135. The van der Waals surface area contributed by atoms with Gasteiger partial charge in [-0.3, -0.25) is 9.59 Å². The number of carbonyl (C=O) groups is 2. The molecule has 1 aliphatic heterocycles. The van der Waals surface area contributed by atoms with Crippen LogP contribution in [0.3, 0.4) is 0 Å². The fourth-order valence-electron chi connectivity index (χ4n) is 3.91. The van der Waals surface area contributed by atoms with Crippen molar-refractivity contribution in [1.29, 1.82) is 0 Å². The molecule has 3 aliphatic rings. The molecule has 104 valence electrons. The molecule has 1 saturated heterocycles. The number of nitrogens with zero attached hydrogens (tertiary/aromatic N) is 1. The first-order valence-corrected chi connectivity index (χ1v) is 7.76. The molecule has 1 amide bonds. The second-order valence-corrected chi connectivity index (χ2v) is 6.21. The Bertz CT molecular complexity index is 413. The summed E-state index contributed by atoms with van der Waals surface area (Å²) in [6.45, 7) is 0.761. The average molecular weight is 261 g/mol. The fraction of sp³-hybridized carbons (Fsp3) is 0.750. The number of hydrogen-bond acceptors (Lipinski definition) is 2. The van der Waals surface area contributed by atoms with Crippen LogP contribution in [0.15, 0.2) is 11.6 Å². The number of likely N-dealkylation sites (tertiary alicyclic amines) is 1. The van der Waals surface area contributed by atoms with Gasteiger partial charge in [-0.2, -0.15) is 0 Å². The van der Waals surface area contributed by atoms with Gasteiger partial charge in [0.2, 0.25) is 5.91 Å². The minimum atomic E-state index is -0.0783. The summed E-state index contributed by atoms with van der Waals surface area (Å²) >= 11 is 0. The van der Waals surface area contributed by atoms with Gasteiger partial charge in [-0.05, 0) is 50.9 Å². The molecule has 1 heterocycles. The van der Waals surface area contributed by atoms with Gasteiger partial charge in [0, 0.05) is 19.4 Å². The van der Waals surface area contributed by atoms with Gasteiger partial charge >= 0.3 is 0 Å². The Balaban J connectivity index is 1.64. The van der Waals surface area contributed by atoms with Crippen molar-refractivity contribution in [3.05, 3.63) is 11.6 Å². The molecule has 2 atom stereocenters. The van der Waals surface area contributed by atoms with E-state index < -0.39 is 0 Å². The van der Waals surface area contributed by atoms with E-state index in [0.29, 0.717) is 24.5 Å². The van der Waals surface area contributed by atoms with Gasteiger partial charge in [-0.25, -0.2) is 0 Å². The molecule has 3 heteroatoms. The van der Waals surface area contributed by atoms with Gasteiger partial charge < -0.3 is 4.90 Å². The SMILES string of the molecule is O=C1CCC[C@@H]2CC(=O)N(CCC3=CCCCC3)[C@@H]12. The highest BCUT2D eigenvalue weighted by molar-refractivity contribution is 5.93. The molecule has 19 heavy (non-hydrogen) atoms. The molecule has 0 N–H and O–H groups in total. The van der Waals surface area contributed by atoms with Crippen molar-refractivity contribution >= 4 is 11.7 Å². The Labute approximate surface area is 115 Å². The van der Waals surface area contributed by atoms with Crippen molar-refractivity contribution in [1.82, 2.24) is 4.90 Å². The van der Waals surface area contributed by atoms with Crippen molar-refractivity contribution in [3.63, 3.8) is 0 Å². The molecule has 2 aliphatic carbocycles. The molecule has 2 fully saturated rings. The molecule has 0 radical (unpaired) electrons. The van der Waals surface area contributed by atoms with Crippen LogP contribution in [-0.4, -0.2) is 29.2 Å². The van der Waals surface area contributed by atoms with Crippen LogP contribution in [0.25, 0.3) is 0 Å². The maximum Gasteiger partial charge on any atom is 0.223 e. The zero-order valence-electron chi connectivity index (χ0n) is 11.6. The Morgan fingerprint density at radius 1 is 1.16 bits per heavy atom. The third-order valence-electron chi connectivity index (χ3n) is 4.93. The number of allylic oxidation sites excluding steroid dienone is 1. The number of rotatable bonds is 3. The van der Waals surface area contributed by atoms with Crippen molar-refractivity contribution < 1.29 is 9.59 Å². The van der Waals surface area contributed by atoms with Crippen molar-refractivity contribution in [2.75, 3.05) is 6.54 Å². The van der Waals surface area contributed by atoms with Gasteiger partial charge in [-0.1, -0.05) is 11.6 Å². The molecule has 0 aromatic rings. The lowest BCUT2D eigenvalue weighted by Crippen LogP contribution is -2.43. The highest BCUT2D eigenvalue weighted by Gasteiger charge is 2.44. The average Bonchev–Trinajstić information content (AvgIpc) is 2.75. The molecular formula is C16H23NO2. The predicted octanol–water partition coefficient (Wildman–Crippen LogP) is 2.85. The summed E-state index contributed by atoms with van der Waals surface area (Å²) in [6.07, 6.45) is 11.6. The molecule has 3 rings (SSSR count). The minimum Gasteiger partial charge on any atom is -0.332 e. The first-order chi connectivity index (χ1) is 9.25. The van der Waals surface area contributed by atoms with Gasteiger partial charge in [0.05, 0.1) is 6.04 Å². The molecule has 0 spiro atoms. The van der Waals surface area contributed by atoms with Crippen LogP contribution < -0.4 is 0 Å². The largest absolute Gasteiger partial charge is 0.332 e. The predicted molar refractivity (Wildman–Crippen MR) is 73.6 cm³/mol. The molecular weight excluding hydrogens is 238 g/mol. The maximum atomic E-state index is 12.1. The number of carbonyl (C=O) groups excluding carboxylic acids is 2. The van der Waals surface area contributed by atoms with Crippen LogP contribution >= 0.6 is 0 Å². The van der Waals surface area contributed by atoms with E-state index in [2.05, 4.69) is 6.08 Å². The van der Waals surface area contributed by atoms with E-state index in [1.807, 2.05) is 4.90 Å². The van der Waals surface area contributed by atoms with E-state index in [1.54, 1.807) is 0 Å². The maximum absolute atomic E-state index is 12.1. The first kappa shape index (κ1) is 12.9. The molecule has 3 nitrogen and oxygen atoms in total. The summed E-state index contributed by atoms with van der Waals surface area (Å²) in [5.41, 5.74) is 1.49. The zero-order valence-corrected chi connectivity index (χ0v) is 11.6. The van der Waals surface area contributed by atoms with E-state index in [1.165, 1.54) is 31.3 Å². The first-order valence-electron chi connectivity index (χ1n) is 7.76. The van der Waals surface area contributed by atoms with Gasteiger partial charge in [0.15, 0.2) is 5.78 Å². The second-order valence-electron chi connectivity index (χ2n) is 6.21. The van der Waals surface area contributed by atoms with Crippen molar-refractivity contribution in [2.45, 2.75) is 63.8 Å². The third kappa shape index (κ3) is 2.60. The second kappa shape index (κ2) is 5.48. The standard InChI is InChI=1S/C16H23NO2/c18-14-8-4-7-13-11-15(19)17(16(13)14)10-9-12-5-2-1-3-6-12/h5,13,16H,1-4,6-11H2/t13-,16-/m1/s1.